The molecular formula is C17H21N5O. The van der Waals surface area contributed by atoms with Crippen molar-refractivity contribution in [2.24, 2.45) is 0 Å². The normalized spacial score (nSPS) is 14.7. The van der Waals surface area contributed by atoms with Gasteiger partial charge in [-0.1, -0.05) is 30.3 Å². The molecule has 2 heterocycles. The van der Waals surface area contributed by atoms with E-state index in [1.165, 1.54) is 5.56 Å². The van der Waals surface area contributed by atoms with Crippen LogP contribution in [-0.4, -0.2) is 54.5 Å². The quantitative estimate of drug-likeness (QED) is 0.781. The van der Waals surface area contributed by atoms with Crippen LogP contribution in [0.4, 0.5) is 11.8 Å². The minimum atomic E-state index is 0.719. The Morgan fingerprint density at radius 1 is 1.13 bits per heavy atom. The maximum Gasteiger partial charge on any atom is 0.227 e. The summed E-state index contributed by atoms with van der Waals surface area (Å²) >= 11 is 0. The summed E-state index contributed by atoms with van der Waals surface area (Å²) in [5.41, 5.74) is 1.25. The van der Waals surface area contributed by atoms with E-state index >= 15 is 0 Å². The second-order valence-electron chi connectivity index (χ2n) is 5.68. The second kappa shape index (κ2) is 7.09. The number of hydrogen-bond acceptors (Lipinski definition) is 5. The summed E-state index contributed by atoms with van der Waals surface area (Å²) in [6, 6.07) is 12.2. The van der Waals surface area contributed by atoms with Gasteiger partial charge in [-0.25, -0.2) is 4.98 Å². The molecule has 1 aliphatic rings. The van der Waals surface area contributed by atoms with Crippen molar-refractivity contribution in [2.45, 2.75) is 6.54 Å². The van der Waals surface area contributed by atoms with E-state index in [0.29, 0.717) is 0 Å². The molecule has 23 heavy (non-hydrogen) atoms. The maximum absolute atomic E-state index is 10.8. The van der Waals surface area contributed by atoms with Gasteiger partial charge in [0.25, 0.3) is 0 Å². The van der Waals surface area contributed by atoms with Crippen molar-refractivity contribution in [3.8, 4) is 0 Å². The van der Waals surface area contributed by atoms with Gasteiger partial charge < -0.3 is 14.7 Å². The van der Waals surface area contributed by atoms with Crippen molar-refractivity contribution in [3.63, 3.8) is 0 Å². The highest BCUT2D eigenvalue weighted by atomic mass is 16.1. The zero-order valence-corrected chi connectivity index (χ0v) is 13.3. The van der Waals surface area contributed by atoms with Crippen LogP contribution in [0.2, 0.25) is 0 Å². The molecule has 6 heteroatoms. The molecule has 0 spiro atoms. The standard InChI is InChI=1S/C17H21N5O/c1-20(13-15-5-3-2-4-6-15)16-7-8-18-17(19-16)22-11-9-21(14-23)10-12-22/h2-8,14H,9-13H2,1H3. The number of carbonyl (C=O) groups excluding carboxylic acids is 1. The number of rotatable bonds is 5. The first-order chi connectivity index (χ1) is 11.3. The molecule has 1 amide bonds. The third-order valence-corrected chi connectivity index (χ3v) is 4.03. The first-order valence-electron chi connectivity index (χ1n) is 7.78. The number of aromatic nitrogens is 2. The van der Waals surface area contributed by atoms with Gasteiger partial charge in [0.05, 0.1) is 0 Å². The molecule has 2 aromatic rings. The van der Waals surface area contributed by atoms with Crippen LogP contribution in [0, 0.1) is 0 Å². The molecular weight excluding hydrogens is 290 g/mol. The lowest BCUT2D eigenvalue weighted by Crippen LogP contribution is -2.46. The Hall–Kier alpha value is -2.63. The van der Waals surface area contributed by atoms with E-state index in [9.17, 15) is 4.79 Å². The van der Waals surface area contributed by atoms with Crippen LogP contribution in [0.25, 0.3) is 0 Å². The van der Waals surface area contributed by atoms with Crippen molar-refractivity contribution in [3.05, 3.63) is 48.2 Å². The minimum absolute atomic E-state index is 0.719. The minimum Gasteiger partial charge on any atom is -0.355 e. The van der Waals surface area contributed by atoms with E-state index in [0.717, 1.165) is 50.9 Å². The van der Waals surface area contributed by atoms with Crippen LogP contribution in [0.1, 0.15) is 5.56 Å². The fourth-order valence-electron chi connectivity index (χ4n) is 2.67. The average molecular weight is 311 g/mol. The van der Waals surface area contributed by atoms with Crippen molar-refractivity contribution >= 4 is 18.2 Å². The van der Waals surface area contributed by atoms with E-state index in [4.69, 9.17) is 0 Å². The lowest BCUT2D eigenvalue weighted by molar-refractivity contribution is -0.118. The molecule has 0 unspecified atom stereocenters. The third-order valence-electron chi connectivity index (χ3n) is 4.03. The molecule has 0 aliphatic carbocycles. The number of benzene rings is 1. The van der Waals surface area contributed by atoms with Crippen molar-refractivity contribution in [2.75, 3.05) is 43.0 Å². The molecule has 1 fully saturated rings. The SMILES string of the molecule is CN(Cc1ccccc1)c1ccnc(N2CCN(C=O)CC2)n1. The van der Waals surface area contributed by atoms with Gasteiger partial charge in [-0.3, -0.25) is 4.79 Å². The number of anilines is 2. The second-order valence-corrected chi connectivity index (χ2v) is 5.68. The van der Waals surface area contributed by atoms with Gasteiger partial charge in [0, 0.05) is 46.0 Å². The van der Waals surface area contributed by atoms with Crippen LogP contribution >= 0.6 is 0 Å². The summed E-state index contributed by atoms with van der Waals surface area (Å²) in [4.78, 5) is 25.9. The molecule has 6 nitrogen and oxygen atoms in total. The number of carbonyl (C=O) groups is 1. The number of piperazine rings is 1. The van der Waals surface area contributed by atoms with Gasteiger partial charge in [-0.05, 0) is 11.6 Å². The Morgan fingerprint density at radius 3 is 2.57 bits per heavy atom. The molecule has 1 aliphatic heterocycles. The Morgan fingerprint density at radius 2 is 1.87 bits per heavy atom. The molecule has 3 rings (SSSR count). The number of amides is 1. The van der Waals surface area contributed by atoms with Gasteiger partial charge in [0.2, 0.25) is 12.4 Å². The summed E-state index contributed by atoms with van der Waals surface area (Å²) in [7, 11) is 2.03. The monoisotopic (exact) mass is 311 g/mol. The van der Waals surface area contributed by atoms with E-state index in [2.05, 4.69) is 31.9 Å². The van der Waals surface area contributed by atoms with E-state index < -0.39 is 0 Å². The molecule has 1 aromatic carbocycles. The summed E-state index contributed by atoms with van der Waals surface area (Å²) in [6.45, 7) is 3.78. The summed E-state index contributed by atoms with van der Waals surface area (Å²) in [6.07, 6.45) is 2.70. The Labute approximate surface area is 136 Å². The highest BCUT2D eigenvalue weighted by molar-refractivity contribution is 5.49. The first-order valence-corrected chi connectivity index (χ1v) is 7.78. The molecule has 0 saturated carbocycles. The van der Waals surface area contributed by atoms with Crippen LogP contribution in [0.15, 0.2) is 42.6 Å². The smallest absolute Gasteiger partial charge is 0.227 e. The number of hydrogen-bond donors (Lipinski definition) is 0. The lowest BCUT2D eigenvalue weighted by Gasteiger charge is -2.32. The van der Waals surface area contributed by atoms with Gasteiger partial charge in [-0.2, -0.15) is 4.98 Å². The van der Waals surface area contributed by atoms with Gasteiger partial charge in [-0.15, -0.1) is 0 Å². The highest BCUT2D eigenvalue weighted by Crippen LogP contribution is 2.17. The van der Waals surface area contributed by atoms with Crippen molar-refractivity contribution < 1.29 is 4.79 Å². The van der Waals surface area contributed by atoms with Crippen LogP contribution in [0.3, 0.4) is 0 Å². The molecule has 0 atom stereocenters. The van der Waals surface area contributed by atoms with E-state index in [-0.39, 0.29) is 0 Å². The topological polar surface area (TPSA) is 52.6 Å². The summed E-state index contributed by atoms with van der Waals surface area (Å²) in [5, 5.41) is 0. The van der Waals surface area contributed by atoms with Gasteiger partial charge in [0.1, 0.15) is 5.82 Å². The molecule has 0 radical (unpaired) electrons. The van der Waals surface area contributed by atoms with Crippen LogP contribution < -0.4 is 9.80 Å². The Bertz CT molecular complexity index is 640. The molecule has 1 aromatic heterocycles. The lowest BCUT2D eigenvalue weighted by atomic mass is 10.2. The van der Waals surface area contributed by atoms with Crippen molar-refractivity contribution in [1.82, 2.24) is 14.9 Å². The van der Waals surface area contributed by atoms with Crippen LogP contribution in [-0.2, 0) is 11.3 Å². The van der Waals surface area contributed by atoms with Gasteiger partial charge >= 0.3 is 0 Å². The predicted molar refractivity (Wildman–Crippen MR) is 90.4 cm³/mol. The summed E-state index contributed by atoms with van der Waals surface area (Å²) in [5.74, 6) is 1.63. The van der Waals surface area contributed by atoms with Crippen LogP contribution in [0.5, 0.6) is 0 Å². The Balaban J connectivity index is 1.68. The molecule has 0 bridgehead atoms. The fraction of sp³-hybridized carbons (Fsp3) is 0.353. The summed E-state index contributed by atoms with van der Waals surface area (Å²) < 4.78 is 0. The highest BCUT2D eigenvalue weighted by Gasteiger charge is 2.18. The third kappa shape index (κ3) is 3.77. The molecule has 1 saturated heterocycles. The molecule has 120 valence electrons. The first kappa shape index (κ1) is 15.3. The zero-order valence-electron chi connectivity index (χ0n) is 13.3. The largest absolute Gasteiger partial charge is 0.355 e. The zero-order chi connectivity index (χ0) is 16.1. The molecule has 0 N–H and O–H groups in total. The number of nitrogens with zero attached hydrogens (tertiary/aromatic N) is 5. The van der Waals surface area contributed by atoms with Gasteiger partial charge in [0.15, 0.2) is 0 Å². The van der Waals surface area contributed by atoms with E-state index in [1.54, 1.807) is 11.1 Å². The predicted octanol–water partition coefficient (Wildman–Crippen LogP) is 1.39. The Kier molecular flexibility index (Phi) is 4.71. The fourth-order valence-corrected chi connectivity index (χ4v) is 2.67. The van der Waals surface area contributed by atoms with Crippen molar-refractivity contribution in [1.29, 1.82) is 0 Å². The van der Waals surface area contributed by atoms with E-state index in [1.807, 2.05) is 31.3 Å². The maximum atomic E-state index is 10.8. The average Bonchev–Trinajstić information content (AvgIpc) is 2.63.